The van der Waals surface area contributed by atoms with Crippen molar-refractivity contribution in [1.29, 1.82) is 21.0 Å². The summed E-state index contributed by atoms with van der Waals surface area (Å²) < 4.78 is 0. The zero-order valence-corrected chi connectivity index (χ0v) is 7.62. The smallest absolute Gasteiger partial charge is 0.0848 e. The van der Waals surface area contributed by atoms with Gasteiger partial charge in [-0.1, -0.05) is 0 Å². The molecule has 0 saturated carbocycles. The molecule has 0 saturated heterocycles. The number of nitriles is 4. The van der Waals surface area contributed by atoms with E-state index < -0.39 is 0 Å². The second-order valence-corrected chi connectivity index (χ2v) is 1.84. The van der Waals surface area contributed by atoms with Gasteiger partial charge >= 0.3 is 0 Å². The van der Waals surface area contributed by atoms with E-state index >= 15 is 0 Å². The van der Waals surface area contributed by atoms with Crippen molar-refractivity contribution in [3.63, 3.8) is 0 Å². The van der Waals surface area contributed by atoms with E-state index in [0.29, 0.717) is 0 Å². The Bertz CT molecular complexity index is 212. The molecular formula is C8H10N6. The average molecular weight is 190 g/mol. The Balaban J connectivity index is 0. The van der Waals surface area contributed by atoms with Crippen molar-refractivity contribution in [1.82, 2.24) is 10.6 Å². The first-order valence-electron chi connectivity index (χ1n) is 3.72. The molecule has 2 N–H and O–H groups in total. The van der Waals surface area contributed by atoms with Crippen molar-refractivity contribution in [3.05, 3.63) is 0 Å². The third-order valence-electron chi connectivity index (χ3n) is 0.816. The SMILES string of the molecule is N#CCNCC#N.N#CCNCC#N. The molecule has 0 aromatic carbocycles. The number of hydrogen-bond donors (Lipinski definition) is 2. The van der Waals surface area contributed by atoms with E-state index in [2.05, 4.69) is 10.6 Å². The topological polar surface area (TPSA) is 119 Å². The zero-order chi connectivity index (χ0) is 11.1. The molecule has 0 aliphatic carbocycles. The molecule has 0 spiro atoms. The van der Waals surface area contributed by atoms with Crippen molar-refractivity contribution >= 4 is 0 Å². The molecule has 0 bridgehead atoms. The van der Waals surface area contributed by atoms with Crippen molar-refractivity contribution in [2.75, 3.05) is 26.2 Å². The first-order chi connectivity index (χ1) is 6.83. The molecule has 0 unspecified atom stereocenters. The lowest BCUT2D eigenvalue weighted by Gasteiger charge is -1.82. The number of nitrogens with one attached hydrogen (secondary N) is 2. The second-order valence-electron chi connectivity index (χ2n) is 1.84. The molecule has 0 heterocycles. The van der Waals surface area contributed by atoms with Crippen molar-refractivity contribution in [2.45, 2.75) is 0 Å². The summed E-state index contributed by atoms with van der Waals surface area (Å²) in [6.07, 6.45) is 0. The third kappa shape index (κ3) is 22.5. The van der Waals surface area contributed by atoms with Gasteiger partial charge in [-0.25, -0.2) is 0 Å². The molecule has 0 amide bonds. The monoisotopic (exact) mass is 190 g/mol. The van der Waals surface area contributed by atoms with E-state index in [1.807, 2.05) is 24.3 Å². The van der Waals surface area contributed by atoms with Crippen LogP contribution in [0.15, 0.2) is 0 Å². The van der Waals surface area contributed by atoms with Crippen molar-refractivity contribution in [2.24, 2.45) is 0 Å². The van der Waals surface area contributed by atoms with Crippen molar-refractivity contribution < 1.29 is 0 Å². The highest BCUT2D eigenvalue weighted by molar-refractivity contribution is 4.79. The van der Waals surface area contributed by atoms with E-state index in [9.17, 15) is 0 Å². The molecule has 0 radical (unpaired) electrons. The fraction of sp³-hybridized carbons (Fsp3) is 0.500. The van der Waals surface area contributed by atoms with Crippen LogP contribution in [0.1, 0.15) is 0 Å². The number of hydrogen-bond acceptors (Lipinski definition) is 6. The van der Waals surface area contributed by atoms with Crippen LogP contribution in [0.3, 0.4) is 0 Å². The molecule has 14 heavy (non-hydrogen) atoms. The van der Waals surface area contributed by atoms with Gasteiger partial charge in [0.1, 0.15) is 0 Å². The van der Waals surface area contributed by atoms with Crippen LogP contribution < -0.4 is 10.6 Å². The second kappa shape index (κ2) is 17.1. The molecule has 6 nitrogen and oxygen atoms in total. The van der Waals surface area contributed by atoms with Gasteiger partial charge in [0.2, 0.25) is 0 Å². The zero-order valence-electron chi connectivity index (χ0n) is 7.62. The van der Waals surface area contributed by atoms with Gasteiger partial charge in [-0.2, -0.15) is 21.0 Å². The minimum absolute atomic E-state index is 0.258. The van der Waals surface area contributed by atoms with E-state index in [4.69, 9.17) is 21.0 Å². The van der Waals surface area contributed by atoms with Gasteiger partial charge in [0.25, 0.3) is 0 Å². The van der Waals surface area contributed by atoms with Gasteiger partial charge in [-0.05, 0) is 0 Å². The molecule has 0 aliphatic heterocycles. The van der Waals surface area contributed by atoms with Crippen LogP contribution in [0.4, 0.5) is 0 Å². The highest BCUT2D eigenvalue weighted by Crippen LogP contribution is 1.50. The summed E-state index contributed by atoms with van der Waals surface area (Å²) in [6.45, 7) is 1.03. The predicted octanol–water partition coefficient (Wildman–Crippen LogP) is -0.754. The predicted molar refractivity (Wildman–Crippen MR) is 48.2 cm³/mol. The maximum Gasteiger partial charge on any atom is 0.0848 e. The third-order valence-corrected chi connectivity index (χ3v) is 0.816. The fourth-order valence-corrected chi connectivity index (χ4v) is 0.349. The molecular weight excluding hydrogens is 180 g/mol. The molecule has 0 atom stereocenters. The fourth-order valence-electron chi connectivity index (χ4n) is 0.349. The summed E-state index contributed by atoms with van der Waals surface area (Å²) in [7, 11) is 0. The molecule has 0 aliphatic rings. The minimum Gasteiger partial charge on any atom is -0.292 e. The van der Waals surface area contributed by atoms with Crippen LogP contribution in [-0.2, 0) is 0 Å². The molecule has 0 aromatic rings. The van der Waals surface area contributed by atoms with E-state index in [-0.39, 0.29) is 26.2 Å². The van der Waals surface area contributed by atoms with Crippen LogP contribution in [0, 0.1) is 45.3 Å². The Morgan fingerprint density at radius 1 is 0.571 bits per heavy atom. The van der Waals surface area contributed by atoms with Gasteiger partial charge in [0.05, 0.1) is 50.5 Å². The minimum atomic E-state index is 0.258. The average Bonchev–Trinajstić information content (AvgIpc) is 2.21. The summed E-state index contributed by atoms with van der Waals surface area (Å²) in [5.41, 5.74) is 0. The lowest BCUT2D eigenvalue weighted by Crippen LogP contribution is -2.12. The summed E-state index contributed by atoms with van der Waals surface area (Å²) in [5.74, 6) is 0. The van der Waals surface area contributed by atoms with Gasteiger partial charge in [-0.15, -0.1) is 0 Å². The van der Waals surface area contributed by atoms with Gasteiger partial charge < -0.3 is 0 Å². The number of rotatable bonds is 4. The molecule has 72 valence electrons. The summed E-state index contributed by atoms with van der Waals surface area (Å²) >= 11 is 0. The Morgan fingerprint density at radius 2 is 0.786 bits per heavy atom. The molecule has 0 aromatic heterocycles. The van der Waals surface area contributed by atoms with Crippen LogP contribution in [0.5, 0.6) is 0 Å². The van der Waals surface area contributed by atoms with E-state index in [1.54, 1.807) is 0 Å². The van der Waals surface area contributed by atoms with Crippen LogP contribution in [0.2, 0.25) is 0 Å². The number of nitrogens with zero attached hydrogens (tertiary/aromatic N) is 4. The molecule has 0 fully saturated rings. The summed E-state index contributed by atoms with van der Waals surface area (Å²) in [5, 5.41) is 36.6. The normalized spacial score (nSPS) is 6.57. The summed E-state index contributed by atoms with van der Waals surface area (Å²) in [6, 6.07) is 7.36. The lowest BCUT2D eigenvalue weighted by atomic mass is 10.6. The Hall–Kier alpha value is -2.12. The first kappa shape index (κ1) is 14.4. The quantitative estimate of drug-likeness (QED) is 0.444. The van der Waals surface area contributed by atoms with Crippen LogP contribution in [0.25, 0.3) is 0 Å². The van der Waals surface area contributed by atoms with Crippen LogP contribution >= 0.6 is 0 Å². The van der Waals surface area contributed by atoms with E-state index in [1.165, 1.54) is 0 Å². The molecule has 6 heteroatoms. The van der Waals surface area contributed by atoms with Gasteiger partial charge in [-0.3, -0.25) is 10.6 Å². The largest absolute Gasteiger partial charge is 0.292 e. The first-order valence-corrected chi connectivity index (χ1v) is 3.72. The standard InChI is InChI=1S/2C4H5N3/c2*5-1-3-7-4-2-6/h2*7H,3-4H2. The Morgan fingerprint density at radius 3 is 0.929 bits per heavy atom. The lowest BCUT2D eigenvalue weighted by molar-refractivity contribution is 0.857. The maximum absolute atomic E-state index is 7.87. The van der Waals surface area contributed by atoms with Crippen LogP contribution in [-0.4, -0.2) is 26.2 Å². The van der Waals surface area contributed by atoms with Gasteiger partial charge in [0.15, 0.2) is 0 Å². The highest BCUT2D eigenvalue weighted by Gasteiger charge is 1.75. The van der Waals surface area contributed by atoms with E-state index in [0.717, 1.165) is 0 Å². The highest BCUT2D eigenvalue weighted by atomic mass is 14.8. The van der Waals surface area contributed by atoms with Gasteiger partial charge in [0, 0.05) is 0 Å². The Kier molecular flexibility index (Phi) is 17.6. The molecule has 0 rings (SSSR count). The summed E-state index contributed by atoms with van der Waals surface area (Å²) in [4.78, 5) is 0. The Labute approximate surface area is 83.0 Å². The maximum atomic E-state index is 7.87. The van der Waals surface area contributed by atoms with Crippen molar-refractivity contribution in [3.8, 4) is 24.3 Å².